The Bertz CT molecular complexity index is 603. The molecule has 0 bridgehead atoms. The molecular weight excluding hydrogens is 400 g/mol. The van der Waals surface area contributed by atoms with Crippen molar-refractivity contribution in [3.63, 3.8) is 0 Å². The molecule has 8 heteroatoms. The van der Waals surface area contributed by atoms with Crippen molar-refractivity contribution in [2.75, 3.05) is 0 Å². The zero-order chi connectivity index (χ0) is 25.8. The number of amides is 2. The van der Waals surface area contributed by atoms with Gasteiger partial charge in [-0.15, -0.1) is 6.58 Å². The van der Waals surface area contributed by atoms with Crippen molar-refractivity contribution in [2.45, 2.75) is 20.8 Å². The zero-order valence-corrected chi connectivity index (χ0v) is 18.4. The SMILES string of the molecule is C=C(C)C(=O)O.C=C(C)C(N)=O.C=CC.C=CC(=O)O.C=CC(N)=O.c1ccccc1. The van der Waals surface area contributed by atoms with Crippen LogP contribution in [0.3, 0.4) is 0 Å². The molecule has 172 valence electrons. The topological polar surface area (TPSA) is 161 Å². The lowest BCUT2D eigenvalue weighted by atomic mass is 10.3. The van der Waals surface area contributed by atoms with Gasteiger partial charge in [0, 0.05) is 17.2 Å². The van der Waals surface area contributed by atoms with E-state index in [1.165, 1.54) is 6.92 Å². The van der Waals surface area contributed by atoms with Gasteiger partial charge in [0.25, 0.3) is 0 Å². The van der Waals surface area contributed by atoms with Crippen LogP contribution in [-0.2, 0) is 19.2 Å². The number of allylic oxidation sites excluding steroid dienone is 1. The maximum Gasteiger partial charge on any atom is 0.330 e. The van der Waals surface area contributed by atoms with Crippen molar-refractivity contribution >= 4 is 23.8 Å². The quantitative estimate of drug-likeness (QED) is 0.419. The van der Waals surface area contributed by atoms with Gasteiger partial charge in [0.1, 0.15) is 0 Å². The number of carbonyl (C=O) groups is 4. The maximum absolute atomic E-state index is 9.82. The van der Waals surface area contributed by atoms with Crippen LogP contribution in [0.25, 0.3) is 0 Å². The lowest BCUT2D eigenvalue weighted by Crippen LogP contribution is -2.10. The van der Waals surface area contributed by atoms with Gasteiger partial charge in [-0.2, -0.15) is 0 Å². The molecule has 0 unspecified atom stereocenters. The predicted molar refractivity (Wildman–Crippen MR) is 126 cm³/mol. The Morgan fingerprint density at radius 1 is 0.742 bits per heavy atom. The van der Waals surface area contributed by atoms with E-state index in [2.05, 4.69) is 38.6 Å². The number of carboxylic acids is 2. The highest BCUT2D eigenvalue weighted by Gasteiger charge is 1.90. The first-order valence-corrected chi connectivity index (χ1v) is 8.43. The van der Waals surface area contributed by atoms with E-state index < -0.39 is 23.8 Å². The van der Waals surface area contributed by atoms with E-state index in [0.717, 1.165) is 12.2 Å². The number of benzene rings is 1. The Balaban J connectivity index is -0.0000000883. The molecule has 0 atom stereocenters. The monoisotopic (exact) mass is 434 g/mol. The molecule has 0 fully saturated rings. The van der Waals surface area contributed by atoms with Crippen molar-refractivity contribution in [3.8, 4) is 0 Å². The van der Waals surface area contributed by atoms with Gasteiger partial charge >= 0.3 is 11.9 Å². The Kier molecular flexibility index (Phi) is 37.0. The van der Waals surface area contributed by atoms with Gasteiger partial charge < -0.3 is 21.7 Å². The van der Waals surface area contributed by atoms with Crippen LogP contribution in [0.2, 0.25) is 0 Å². The number of primary amides is 2. The normalized spacial score (nSPS) is 6.94. The summed E-state index contributed by atoms with van der Waals surface area (Å²) in [5.74, 6) is -2.83. The van der Waals surface area contributed by atoms with Crippen LogP contribution in [0.4, 0.5) is 0 Å². The van der Waals surface area contributed by atoms with Gasteiger partial charge in [0.05, 0.1) is 0 Å². The fourth-order valence-corrected chi connectivity index (χ4v) is 0.385. The average molecular weight is 435 g/mol. The second-order valence-electron chi connectivity index (χ2n) is 4.94. The van der Waals surface area contributed by atoms with E-state index in [1.807, 2.05) is 43.3 Å². The van der Waals surface area contributed by atoms with E-state index in [4.69, 9.17) is 15.9 Å². The Morgan fingerprint density at radius 3 is 0.935 bits per heavy atom. The first kappa shape index (κ1) is 37.5. The van der Waals surface area contributed by atoms with Crippen molar-refractivity contribution in [2.24, 2.45) is 11.5 Å². The first-order valence-electron chi connectivity index (χ1n) is 8.43. The Hall–Kier alpha value is -4.20. The van der Waals surface area contributed by atoms with E-state index in [9.17, 15) is 19.2 Å². The summed E-state index contributed by atoms with van der Waals surface area (Å²) in [4.78, 5) is 38.1. The van der Waals surface area contributed by atoms with Crippen LogP contribution in [0.1, 0.15) is 20.8 Å². The molecule has 1 aromatic rings. The molecule has 8 nitrogen and oxygen atoms in total. The van der Waals surface area contributed by atoms with Crippen LogP contribution in [-0.4, -0.2) is 34.0 Å². The predicted octanol–water partition coefficient (Wildman–Crippen LogP) is 3.49. The van der Waals surface area contributed by atoms with Gasteiger partial charge in [-0.1, -0.05) is 68.8 Å². The fourth-order valence-electron chi connectivity index (χ4n) is 0.385. The molecule has 31 heavy (non-hydrogen) atoms. The van der Waals surface area contributed by atoms with Crippen LogP contribution in [0, 0.1) is 0 Å². The third-order valence-electron chi connectivity index (χ3n) is 1.83. The number of rotatable bonds is 4. The standard InChI is InChI=1S/C6H6.C4H7NO.C4H6O2.C3H5NO.C3H4O2.C3H6/c1-2-4-6-5-3-1;2*1-3(2)4(5)6;2*1-2-3(4)5;1-3-2/h1-6H;1H2,2H3,(H2,5,6);1H2,2H3,(H,5,6);2H,1H2,(H2,4,5);2H,1H2,(H,4,5);3H,1H2,2H3. The smallest absolute Gasteiger partial charge is 0.330 e. The van der Waals surface area contributed by atoms with Crippen molar-refractivity contribution in [1.82, 2.24) is 0 Å². The number of aliphatic carboxylic acids is 2. The van der Waals surface area contributed by atoms with Gasteiger partial charge in [-0.05, 0) is 26.8 Å². The second-order valence-corrected chi connectivity index (χ2v) is 4.94. The molecule has 0 saturated carbocycles. The molecule has 2 amide bonds. The van der Waals surface area contributed by atoms with E-state index in [0.29, 0.717) is 5.57 Å². The minimum atomic E-state index is -0.981. The Morgan fingerprint density at radius 2 is 0.903 bits per heavy atom. The lowest BCUT2D eigenvalue weighted by Gasteiger charge is -1.81. The van der Waals surface area contributed by atoms with Crippen LogP contribution >= 0.6 is 0 Å². The summed E-state index contributed by atoms with van der Waals surface area (Å²) in [6.07, 6.45) is 3.64. The summed E-state index contributed by atoms with van der Waals surface area (Å²) >= 11 is 0. The van der Waals surface area contributed by atoms with Crippen LogP contribution in [0.15, 0.2) is 98.7 Å². The number of carboxylic acid groups (broad SMARTS) is 2. The van der Waals surface area contributed by atoms with Crippen LogP contribution < -0.4 is 11.5 Å². The number of nitrogens with two attached hydrogens (primary N) is 2. The maximum atomic E-state index is 9.82. The molecule has 0 saturated heterocycles. The van der Waals surface area contributed by atoms with Crippen LogP contribution in [0.5, 0.6) is 0 Å². The summed E-state index contributed by atoms with van der Waals surface area (Å²) in [7, 11) is 0. The largest absolute Gasteiger partial charge is 0.478 e. The van der Waals surface area contributed by atoms with Crippen molar-refractivity contribution in [1.29, 1.82) is 0 Å². The lowest BCUT2D eigenvalue weighted by molar-refractivity contribution is -0.133. The number of hydrogen-bond donors (Lipinski definition) is 4. The molecule has 6 N–H and O–H groups in total. The highest BCUT2D eigenvalue weighted by molar-refractivity contribution is 5.90. The zero-order valence-electron chi connectivity index (χ0n) is 18.4. The first-order chi connectivity index (χ1) is 14.2. The van der Waals surface area contributed by atoms with E-state index in [1.54, 1.807) is 13.0 Å². The molecule has 0 heterocycles. The molecule has 0 aliphatic carbocycles. The van der Waals surface area contributed by atoms with E-state index >= 15 is 0 Å². The summed E-state index contributed by atoms with van der Waals surface area (Å²) < 4.78 is 0. The average Bonchev–Trinajstić information content (AvgIpc) is 2.71. The van der Waals surface area contributed by atoms with Crippen molar-refractivity contribution < 1.29 is 29.4 Å². The summed E-state index contributed by atoms with van der Waals surface area (Å²) in [6.45, 7) is 20.8. The van der Waals surface area contributed by atoms with Crippen molar-refractivity contribution in [3.05, 3.63) is 98.7 Å². The minimum absolute atomic E-state index is 0.176. The highest BCUT2D eigenvalue weighted by Crippen LogP contribution is 1.81. The van der Waals surface area contributed by atoms with E-state index in [-0.39, 0.29) is 5.57 Å². The molecule has 1 aromatic carbocycles. The molecular formula is C23H34N2O6. The highest BCUT2D eigenvalue weighted by atomic mass is 16.4. The minimum Gasteiger partial charge on any atom is -0.478 e. The third-order valence-corrected chi connectivity index (χ3v) is 1.83. The molecule has 0 aliphatic heterocycles. The molecule has 1 rings (SSSR count). The molecule has 0 aliphatic rings. The fraction of sp³-hybridized carbons (Fsp3) is 0.130. The van der Waals surface area contributed by atoms with Gasteiger partial charge in [-0.3, -0.25) is 9.59 Å². The molecule has 0 spiro atoms. The summed E-state index contributed by atoms with van der Waals surface area (Å²) in [5, 5.41) is 15.5. The summed E-state index contributed by atoms with van der Waals surface area (Å²) in [6, 6.07) is 12.0. The Labute approximate surface area is 184 Å². The number of carbonyl (C=O) groups excluding carboxylic acids is 2. The summed E-state index contributed by atoms with van der Waals surface area (Å²) in [5.41, 5.74) is 9.81. The molecule has 0 aromatic heterocycles. The third kappa shape index (κ3) is 76.7. The number of hydrogen-bond acceptors (Lipinski definition) is 4. The molecule has 0 radical (unpaired) electrons. The van der Waals surface area contributed by atoms with Gasteiger partial charge in [-0.25, -0.2) is 9.59 Å². The van der Waals surface area contributed by atoms with Gasteiger partial charge in [0.15, 0.2) is 0 Å². The van der Waals surface area contributed by atoms with Gasteiger partial charge in [0.2, 0.25) is 11.8 Å². The second kappa shape index (κ2) is 30.5.